The lowest BCUT2D eigenvalue weighted by Gasteiger charge is -2.19. The summed E-state index contributed by atoms with van der Waals surface area (Å²) in [7, 11) is 0. The Morgan fingerprint density at radius 2 is 1.56 bits per heavy atom. The van der Waals surface area contributed by atoms with Crippen LogP contribution in [-0.4, -0.2) is 28.0 Å². The lowest BCUT2D eigenvalue weighted by molar-refractivity contribution is -0.151. The summed E-state index contributed by atoms with van der Waals surface area (Å²) in [6.45, 7) is 9.23. The van der Waals surface area contributed by atoms with Crippen molar-refractivity contribution in [3.63, 3.8) is 0 Å². The molecule has 0 N–H and O–H groups in total. The second kappa shape index (κ2) is 10.7. The zero-order valence-electron chi connectivity index (χ0n) is 20.5. The number of ether oxygens (including phenoxy) is 2. The highest BCUT2D eigenvalue weighted by atomic mass is 16.6. The summed E-state index contributed by atoms with van der Waals surface area (Å²) in [6.07, 6.45) is 1.87. The highest BCUT2D eigenvalue weighted by molar-refractivity contribution is 5.93. The number of rotatable bonds is 8. The van der Waals surface area contributed by atoms with Crippen LogP contribution < -0.4 is 0 Å². The Kier molecular flexibility index (Phi) is 7.92. The van der Waals surface area contributed by atoms with Gasteiger partial charge >= 0.3 is 12.1 Å². The minimum Gasteiger partial charge on any atom is -0.461 e. The summed E-state index contributed by atoms with van der Waals surface area (Å²) >= 11 is 0. The Balaban J connectivity index is 1.64. The van der Waals surface area contributed by atoms with Crippen molar-refractivity contribution in [1.82, 2.24) is 4.57 Å². The first-order chi connectivity index (χ1) is 16.0. The van der Waals surface area contributed by atoms with Crippen LogP contribution in [0.2, 0.25) is 0 Å². The first-order valence-electron chi connectivity index (χ1n) is 11.6. The maximum Gasteiger partial charge on any atom is 0.419 e. The number of hydrogen-bond donors (Lipinski definition) is 0. The van der Waals surface area contributed by atoms with Crippen LogP contribution in [0, 0.1) is 11.8 Å². The van der Waals surface area contributed by atoms with E-state index in [-0.39, 0.29) is 30.7 Å². The molecule has 6 nitrogen and oxygen atoms in total. The molecule has 0 aliphatic heterocycles. The van der Waals surface area contributed by atoms with Crippen LogP contribution in [-0.2, 0) is 32.1 Å². The van der Waals surface area contributed by atoms with Gasteiger partial charge in [0, 0.05) is 23.9 Å². The third kappa shape index (κ3) is 6.56. The van der Waals surface area contributed by atoms with Crippen molar-refractivity contribution in [3.05, 3.63) is 71.9 Å². The molecule has 0 aliphatic rings. The first-order valence-corrected chi connectivity index (χ1v) is 11.6. The van der Waals surface area contributed by atoms with Crippen molar-refractivity contribution in [2.24, 2.45) is 11.8 Å². The summed E-state index contributed by atoms with van der Waals surface area (Å²) in [5.41, 5.74) is 1.92. The summed E-state index contributed by atoms with van der Waals surface area (Å²) in [6, 6.07) is 17.0. The third-order valence-electron chi connectivity index (χ3n) is 5.59. The molecule has 3 aromatic rings. The zero-order chi connectivity index (χ0) is 24.9. The molecule has 0 unspecified atom stereocenters. The van der Waals surface area contributed by atoms with Gasteiger partial charge in [-0.05, 0) is 44.4 Å². The number of nitrogens with zero attached hydrogens (tertiary/aromatic N) is 1. The van der Waals surface area contributed by atoms with E-state index in [2.05, 4.69) is 0 Å². The SMILES string of the molecule is C[C@H](CC(=O)[C@@H](C)Cc1cn(C(=O)OC(C)(C)C)c2ccccc12)C(=O)OCc1ccccc1. The van der Waals surface area contributed by atoms with Gasteiger partial charge in [0.15, 0.2) is 0 Å². The highest BCUT2D eigenvalue weighted by Gasteiger charge is 2.25. The fourth-order valence-corrected chi connectivity index (χ4v) is 3.78. The monoisotopic (exact) mass is 463 g/mol. The van der Waals surface area contributed by atoms with Gasteiger partial charge in [0.1, 0.15) is 18.0 Å². The molecule has 0 fully saturated rings. The van der Waals surface area contributed by atoms with Crippen molar-refractivity contribution in [2.75, 3.05) is 0 Å². The Morgan fingerprint density at radius 3 is 2.24 bits per heavy atom. The molecule has 34 heavy (non-hydrogen) atoms. The maximum atomic E-state index is 12.9. The maximum absolute atomic E-state index is 12.9. The number of carbonyl (C=O) groups is 3. The van der Waals surface area contributed by atoms with Crippen molar-refractivity contribution in [1.29, 1.82) is 0 Å². The number of benzene rings is 2. The van der Waals surface area contributed by atoms with Gasteiger partial charge in [-0.1, -0.05) is 62.4 Å². The molecular formula is C28H33NO5. The molecule has 0 spiro atoms. The Labute approximate surface area is 200 Å². The van der Waals surface area contributed by atoms with Gasteiger partial charge in [0.05, 0.1) is 11.4 Å². The number of fused-ring (bicyclic) bond motifs is 1. The summed E-state index contributed by atoms with van der Waals surface area (Å²) < 4.78 is 12.4. The number of carbonyl (C=O) groups excluding carboxylic acids is 3. The Morgan fingerprint density at radius 1 is 0.912 bits per heavy atom. The molecule has 0 amide bonds. The molecule has 180 valence electrons. The van der Waals surface area contributed by atoms with E-state index in [1.165, 1.54) is 4.57 Å². The average molecular weight is 464 g/mol. The average Bonchev–Trinajstić information content (AvgIpc) is 3.15. The van der Waals surface area contributed by atoms with Gasteiger partial charge in [-0.3, -0.25) is 14.2 Å². The summed E-state index contributed by atoms with van der Waals surface area (Å²) in [4.78, 5) is 38.0. The number of ketones is 1. The van der Waals surface area contributed by atoms with Crippen molar-refractivity contribution >= 4 is 28.7 Å². The molecule has 1 aromatic heterocycles. The fraction of sp³-hybridized carbons (Fsp3) is 0.393. The number of hydrogen-bond acceptors (Lipinski definition) is 5. The molecule has 0 saturated carbocycles. The van der Waals surface area contributed by atoms with Crippen LogP contribution in [0.3, 0.4) is 0 Å². The van der Waals surface area contributed by atoms with Gasteiger partial charge in [-0.25, -0.2) is 4.79 Å². The molecule has 2 aromatic carbocycles. The van der Waals surface area contributed by atoms with E-state index >= 15 is 0 Å². The quantitative estimate of drug-likeness (QED) is 0.386. The molecule has 2 atom stereocenters. The smallest absolute Gasteiger partial charge is 0.419 e. The second-order valence-corrected chi connectivity index (χ2v) is 9.79. The van der Waals surface area contributed by atoms with Gasteiger partial charge in [-0.15, -0.1) is 0 Å². The fourth-order valence-electron chi connectivity index (χ4n) is 3.78. The van der Waals surface area contributed by atoms with Crippen molar-refractivity contribution in [3.8, 4) is 0 Å². The summed E-state index contributed by atoms with van der Waals surface area (Å²) in [5, 5.41) is 0.906. The second-order valence-electron chi connectivity index (χ2n) is 9.79. The largest absolute Gasteiger partial charge is 0.461 e. The number of para-hydroxylation sites is 1. The minimum absolute atomic E-state index is 0.0155. The van der Waals surface area contributed by atoms with Crippen LogP contribution in [0.5, 0.6) is 0 Å². The minimum atomic E-state index is -0.614. The van der Waals surface area contributed by atoms with E-state index < -0.39 is 17.6 Å². The number of esters is 1. The van der Waals surface area contributed by atoms with Crippen LogP contribution >= 0.6 is 0 Å². The lowest BCUT2D eigenvalue weighted by Crippen LogP contribution is -2.26. The van der Waals surface area contributed by atoms with E-state index in [0.717, 1.165) is 22.0 Å². The van der Waals surface area contributed by atoms with Crippen molar-refractivity contribution < 1.29 is 23.9 Å². The van der Waals surface area contributed by atoms with Gasteiger partial charge in [-0.2, -0.15) is 0 Å². The third-order valence-corrected chi connectivity index (χ3v) is 5.59. The topological polar surface area (TPSA) is 74.6 Å². The predicted molar refractivity (Wildman–Crippen MR) is 131 cm³/mol. The highest BCUT2D eigenvalue weighted by Crippen LogP contribution is 2.26. The Bertz CT molecular complexity index is 1160. The van der Waals surface area contributed by atoms with E-state index in [0.29, 0.717) is 6.42 Å². The standard InChI is InChI=1S/C28H33NO5/c1-19(25(30)16-20(2)26(31)33-18-21-11-7-6-8-12-21)15-22-17-29(27(32)34-28(3,4)5)24-14-10-9-13-23(22)24/h6-14,17,19-20H,15-16,18H2,1-5H3/t19-,20+/m0/s1. The summed E-state index contributed by atoms with van der Waals surface area (Å²) in [5.74, 6) is -1.24. The van der Waals surface area contributed by atoms with Gasteiger partial charge in [0.2, 0.25) is 0 Å². The molecule has 1 heterocycles. The van der Waals surface area contributed by atoms with Crippen LogP contribution in [0.1, 0.15) is 52.2 Å². The van der Waals surface area contributed by atoms with Crippen LogP contribution in [0.4, 0.5) is 4.79 Å². The Hall–Kier alpha value is -3.41. The molecule has 0 aliphatic carbocycles. The van der Waals surface area contributed by atoms with E-state index in [1.807, 2.05) is 82.3 Å². The van der Waals surface area contributed by atoms with Crippen LogP contribution in [0.25, 0.3) is 10.9 Å². The lowest BCUT2D eigenvalue weighted by atomic mass is 9.91. The first kappa shape index (κ1) is 25.2. The van der Waals surface area contributed by atoms with E-state index in [9.17, 15) is 14.4 Å². The van der Waals surface area contributed by atoms with Gasteiger partial charge < -0.3 is 9.47 Å². The van der Waals surface area contributed by atoms with E-state index in [1.54, 1.807) is 13.1 Å². The van der Waals surface area contributed by atoms with Gasteiger partial charge in [0.25, 0.3) is 0 Å². The zero-order valence-corrected chi connectivity index (χ0v) is 20.5. The number of Topliss-reactive ketones (excluding diaryl/α,β-unsaturated/α-hetero) is 1. The predicted octanol–water partition coefficient (Wildman–Crippen LogP) is 5.94. The van der Waals surface area contributed by atoms with E-state index in [4.69, 9.17) is 9.47 Å². The molecule has 0 radical (unpaired) electrons. The molecule has 3 rings (SSSR count). The van der Waals surface area contributed by atoms with Crippen molar-refractivity contribution in [2.45, 2.75) is 59.7 Å². The molecular weight excluding hydrogens is 430 g/mol. The molecule has 0 bridgehead atoms. The molecule has 6 heteroatoms. The number of aromatic nitrogens is 1. The molecule has 0 saturated heterocycles. The van der Waals surface area contributed by atoms with Crippen LogP contribution in [0.15, 0.2) is 60.8 Å². The normalized spacial score (nSPS) is 13.3.